The van der Waals surface area contributed by atoms with Crippen molar-refractivity contribution in [3.8, 4) is 0 Å². The van der Waals surface area contributed by atoms with Crippen LogP contribution in [0.2, 0.25) is 0 Å². The van der Waals surface area contributed by atoms with Crippen LogP contribution in [-0.4, -0.2) is 99.1 Å². The summed E-state index contributed by atoms with van der Waals surface area (Å²) in [5.41, 5.74) is 0. The molecule has 2 rings (SSSR count). The minimum Gasteiger partial charge on any atom is -0.459 e. The Morgan fingerprint density at radius 2 is 1.75 bits per heavy atom. The van der Waals surface area contributed by atoms with Gasteiger partial charge in [-0.25, -0.2) is 6.57 Å². The highest BCUT2D eigenvalue weighted by Crippen LogP contribution is 2.56. The van der Waals surface area contributed by atoms with E-state index in [1.54, 1.807) is 0 Å². The number of carbonyl (C=O) groups excluding carboxylic acids is 2. The maximum absolute atomic E-state index is 12.3. The maximum Gasteiger partial charge on any atom is 0.330 e. The summed E-state index contributed by atoms with van der Waals surface area (Å²) >= 11 is 24.2. The highest BCUT2D eigenvalue weighted by atomic mass is 35.6. The van der Waals surface area contributed by atoms with E-state index >= 15 is 0 Å². The third-order valence-corrected chi connectivity index (χ3v) is 8.69. The van der Waals surface area contributed by atoms with Crippen LogP contribution in [0.25, 0.3) is 4.85 Å². The average Bonchev–Trinajstić information content (AvgIpc) is 3.39. The van der Waals surface area contributed by atoms with Crippen LogP contribution >= 0.6 is 41.5 Å². The van der Waals surface area contributed by atoms with Gasteiger partial charge in [-0.15, -0.1) is 0 Å². The van der Waals surface area contributed by atoms with Gasteiger partial charge in [-0.1, -0.05) is 34.8 Å². The second-order valence-corrected chi connectivity index (χ2v) is 14.5. The Balaban J connectivity index is 2.11. The summed E-state index contributed by atoms with van der Waals surface area (Å²) in [6.45, 7) is 7.06. The molecule has 8 atom stereocenters. The quantitative estimate of drug-likeness (QED) is 0.0646. The lowest BCUT2D eigenvalue weighted by molar-refractivity contribution is -0.160. The van der Waals surface area contributed by atoms with Gasteiger partial charge < -0.3 is 42.9 Å². The molecule has 2 aliphatic rings. The number of halogens is 3. The fraction of sp³-hybridized carbons (Fsp3) is 0.870. The van der Waals surface area contributed by atoms with Gasteiger partial charge >= 0.3 is 12.7 Å². The predicted octanol–water partition coefficient (Wildman–Crippen LogP) is 3.70. The summed E-state index contributed by atoms with van der Waals surface area (Å²) in [7, 11) is 3.02. The molecular formula is C23H36Cl3N2O10PS. The van der Waals surface area contributed by atoms with Gasteiger partial charge in [-0.2, -0.15) is 0 Å². The molecule has 8 unspecified atom stereocenters. The fourth-order valence-electron chi connectivity index (χ4n) is 4.04. The summed E-state index contributed by atoms with van der Waals surface area (Å²) in [4.78, 5) is 27.0. The minimum absolute atomic E-state index is 0.00300. The van der Waals surface area contributed by atoms with Crippen LogP contribution in [-0.2, 0) is 58.7 Å². The summed E-state index contributed by atoms with van der Waals surface area (Å²) < 4.78 is 43.8. The van der Waals surface area contributed by atoms with Gasteiger partial charge in [-0.3, -0.25) is 14.1 Å². The second kappa shape index (κ2) is 17.1. The number of alkyl halides is 3. The predicted molar refractivity (Wildman–Crippen MR) is 151 cm³/mol. The lowest BCUT2D eigenvalue weighted by Crippen LogP contribution is -2.38. The summed E-state index contributed by atoms with van der Waals surface area (Å²) in [5.74, 6) is -0.833. The first-order valence-electron chi connectivity index (χ1n) is 12.6. The third kappa shape index (κ3) is 12.1. The zero-order chi connectivity index (χ0) is 29.9. The van der Waals surface area contributed by atoms with Crippen molar-refractivity contribution in [2.45, 2.75) is 86.2 Å². The van der Waals surface area contributed by atoms with Crippen molar-refractivity contribution >= 4 is 65.2 Å². The maximum atomic E-state index is 12.3. The molecule has 230 valence electrons. The van der Waals surface area contributed by atoms with E-state index < -0.39 is 47.2 Å². The van der Waals surface area contributed by atoms with Crippen LogP contribution in [0.5, 0.6) is 0 Å². The van der Waals surface area contributed by atoms with Crippen LogP contribution in [0.3, 0.4) is 0 Å². The molecular weight excluding hydrogens is 634 g/mol. The van der Waals surface area contributed by atoms with Crippen LogP contribution in [0.15, 0.2) is 0 Å². The number of carbonyl (C=O) groups is 2. The summed E-state index contributed by atoms with van der Waals surface area (Å²) in [6, 6.07) is 0. The zero-order valence-electron chi connectivity index (χ0n) is 22.7. The van der Waals surface area contributed by atoms with E-state index in [1.165, 1.54) is 14.2 Å². The first kappa shape index (κ1) is 35.9. The number of rotatable bonds is 16. The van der Waals surface area contributed by atoms with Gasteiger partial charge in [0.15, 0.2) is 0 Å². The Kier molecular flexibility index (Phi) is 15.3. The molecule has 40 heavy (non-hydrogen) atoms. The minimum atomic E-state index is -3.66. The van der Waals surface area contributed by atoms with Gasteiger partial charge in [0.1, 0.15) is 24.9 Å². The van der Waals surface area contributed by atoms with Crippen molar-refractivity contribution in [1.82, 2.24) is 5.32 Å². The number of ether oxygens (including phenoxy) is 5. The largest absolute Gasteiger partial charge is 0.459 e. The number of nitrogens with zero attached hydrogens (tertiary/aromatic N) is 1. The van der Waals surface area contributed by atoms with E-state index in [-0.39, 0.29) is 57.3 Å². The highest BCUT2D eigenvalue weighted by Gasteiger charge is 2.45. The molecule has 1 amide bonds. The molecule has 12 nitrogen and oxygen atoms in total. The molecule has 0 aliphatic carbocycles. The van der Waals surface area contributed by atoms with Crippen molar-refractivity contribution < 1.29 is 46.8 Å². The first-order valence-corrected chi connectivity index (χ1v) is 16.3. The normalized spacial score (nSPS) is 28.9. The SMILES string of the molecule is [C-]#[N+]CCOP(=S)(OC1CC(C)OC1COC)OC(OCC1OC(C)CC1OC(=O)CCC(=O)NC)C(Cl)(Cl)Cl. The van der Waals surface area contributed by atoms with Crippen molar-refractivity contribution in [2.24, 2.45) is 0 Å². The van der Waals surface area contributed by atoms with E-state index in [0.717, 1.165) is 0 Å². The Labute approximate surface area is 254 Å². The standard InChI is InChI=1S/C23H36Cl3N2O10PS/c1-14-10-16(36-21(30)7-6-20(29)28-4)19(35-14)13-32-22(23(24,25)26)38-39(40,33-9-8-27-3)37-17-11-15(2)34-18(17)12-31-5/h14-19,22H,6-13H2,1-2,4-5H3,(H,28,29). The van der Waals surface area contributed by atoms with Crippen LogP contribution in [0.1, 0.15) is 39.5 Å². The van der Waals surface area contributed by atoms with Crippen molar-refractivity contribution in [3.63, 3.8) is 0 Å². The number of hydrogen-bond donors (Lipinski definition) is 1. The molecule has 0 aromatic carbocycles. The van der Waals surface area contributed by atoms with E-state index in [1.807, 2.05) is 13.8 Å². The van der Waals surface area contributed by atoms with Gasteiger partial charge in [0.05, 0.1) is 37.9 Å². The molecule has 17 heteroatoms. The fourth-order valence-corrected chi connectivity index (χ4v) is 6.82. The highest BCUT2D eigenvalue weighted by molar-refractivity contribution is 8.07. The summed E-state index contributed by atoms with van der Waals surface area (Å²) in [6.07, 6.45) is -3.50. The lowest BCUT2D eigenvalue weighted by atomic mass is 10.1. The number of esters is 1. The van der Waals surface area contributed by atoms with E-state index in [4.69, 9.17) is 90.4 Å². The van der Waals surface area contributed by atoms with Crippen molar-refractivity contribution in [2.75, 3.05) is 40.5 Å². The zero-order valence-corrected chi connectivity index (χ0v) is 26.7. The molecule has 2 aliphatic heterocycles. The second-order valence-electron chi connectivity index (χ2n) is 9.22. The first-order chi connectivity index (χ1) is 18.8. The Morgan fingerprint density at radius 3 is 2.33 bits per heavy atom. The van der Waals surface area contributed by atoms with Crippen molar-refractivity contribution in [1.29, 1.82) is 0 Å². The molecule has 2 heterocycles. The van der Waals surface area contributed by atoms with Crippen LogP contribution < -0.4 is 5.32 Å². The lowest BCUT2D eigenvalue weighted by Gasteiger charge is -2.33. The number of amides is 1. The molecule has 2 saturated heterocycles. The van der Waals surface area contributed by atoms with E-state index in [2.05, 4.69) is 10.2 Å². The molecule has 0 spiro atoms. The van der Waals surface area contributed by atoms with Crippen LogP contribution in [0, 0.1) is 6.57 Å². The Bertz CT molecular complexity index is 924. The topological polar surface area (TPSA) is 124 Å². The van der Waals surface area contributed by atoms with E-state index in [9.17, 15) is 9.59 Å². The number of methoxy groups -OCH3 is 1. The third-order valence-electron chi connectivity index (χ3n) is 5.84. The van der Waals surface area contributed by atoms with Gasteiger partial charge in [-0.05, 0) is 25.7 Å². The molecule has 0 saturated carbocycles. The Morgan fingerprint density at radius 1 is 1.12 bits per heavy atom. The Hall–Kier alpha value is -0.330. The molecule has 0 aromatic heterocycles. The van der Waals surface area contributed by atoms with E-state index in [0.29, 0.717) is 12.8 Å². The van der Waals surface area contributed by atoms with Gasteiger partial charge in [0.25, 0.3) is 0 Å². The molecule has 0 radical (unpaired) electrons. The molecule has 2 fully saturated rings. The van der Waals surface area contributed by atoms with Crippen LogP contribution in [0.4, 0.5) is 0 Å². The monoisotopic (exact) mass is 668 g/mol. The molecule has 0 aromatic rings. The summed E-state index contributed by atoms with van der Waals surface area (Å²) in [5, 5.41) is 2.45. The van der Waals surface area contributed by atoms with Crippen molar-refractivity contribution in [3.05, 3.63) is 11.4 Å². The average molecular weight is 670 g/mol. The molecule has 0 bridgehead atoms. The number of hydrogen-bond acceptors (Lipinski definition) is 11. The van der Waals surface area contributed by atoms with Gasteiger partial charge in [0, 0.05) is 33.4 Å². The number of nitrogens with one attached hydrogen (secondary N) is 1. The van der Waals surface area contributed by atoms with Gasteiger partial charge in [0.2, 0.25) is 22.5 Å². The smallest absolute Gasteiger partial charge is 0.330 e. The molecule has 1 N–H and O–H groups in total.